The second-order valence-corrected chi connectivity index (χ2v) is 3.30. The lowest BCUT2D eigenvalue weighted by Gasteiger charge is -2.02. The van der Waals surface area contributed by atoms with Crippen LogP contribution >= 0.6 is 0 Å². The molecule has 2 heteroatoms. The molecule has 0 radical (unpaired) electrons. The van der Waals surface area contributed by atoms with Crippen LogP contribution in [0.4, 0.5) is 0 Å². The minimum atomic E-state index is -1.12. The zero-order valence-corrected chi connectivity index (χ0v) is 8.19. The van der Waals surface area contributed by atoms with Crippen LogP contribution in [0.1, 0.15) is 18.9 Å². The summed E-state index contributed by atoms with van der Waals surface area (Å²) >= 11 is 0. The number of benzene rings is 1. The molecule has 0 saturated carbocycles. The quantitative estimate of drug-likeness (QED) is 0.670. The molecule has 1 rings (SSSR count). The van der Waals surface area contributed by atoms with Gasteiger partial charge in [-0.25, -0.2) is 0 Å². The molecule has 0 N–H and O–H groups in total. The first-order chi connectivity index (χ1) is 6.68. The summed E-state index contributed by atoms with van der Waals surface area (Å²) < 4.78 is 0. The Morgan fingerprint density at radius 3 is 2.57 bits per heavy atom. The lowest BCUT2D eigenvalue weighted by atomic mass is 10.1. The van der Waals surface area contributed by atoms with Gasteiger partial charge in [-0.05, 0) is 31.4 Å². The third kappa shape index (κ3) is 3.90. The summed E-state index contributed by atoms with van der Waals surface area (Å²) in [7, 11) is 0. The van der Waals surface area contributed by atoms with Gasteiger partial charge in [0, 0.05) is 0 Å². The molecule has 0 spiro atoms. The molecule has 74 valence electrons. The van der Waals surface area contributed by atoms with Crippen molar-refractivity contribution in [2.45, 2.75) is 19.8 Å². The lowest BCUT2D eigenvalue weighted by Crippen LogP contribution is -2.19. The van der Waals surface area contributed by atoms with Crippen LogP contribution in [0.15, 0.2) is 42.0 Å². The Kier molecular flexibility index (Phi) is 3.92. The number of carbonyl (C=O) groups excluding carboxylic acids is 1. The van der Waals surface area contributed by atoms with E-state index in [-0.39, 0.29) is 0 Å². The number of aliphatic carboxylic acids is 1. The molecule has 0 fully saturated rings. The van der Waals surface area contributed by atoms with E-state index >= 15 is 0 Å². The van der Waals surface area contributed by atoms with E-state index in [1.54, 1.807) is 6.92 Å². The lowest BCUT2D eigenvalue weighted by molar-refractivity contribution is -0.297. The molecule has 0 bridgehead atoms. The molecule has 0 unspecified atom stereocenters. The summed E-state index contributed by atoms with van der Waals surface area (Å²) in [5.41, 5.74) is 2.06. The number of carbonyl (C=O) groups is 1. The van der Waals surface area contributed by atoms with Gasteiger partial charge in [-0.3, -0.25) is 0 Å². The monoisotopic (exact) mass is 189 g/mol. The largest absolute Gasteiger partial charge is 0.545 e. The molecule has 2 nitrogen and oxygen atoms in total. The second-order valence-electron chi connectivity index (χ2n) is 3.30. The highest BCUT2D eigenvalue weighted by atomic mass is 16.4. The van der Waals surface area contributed by atoms with Gasteiger partial charge in [0.1, 0.15) is 0 Å². The van der Waals surface area contributed by atoms with Gasteiger partial charge in [0.15, 0.2) is 0 Å². The van der Waals surface area contributed by atoms with Gasteiger partial charge in [0.05, 0.1) is 5.97 Å². The Balaban J connectivity index is 2.45. The van der Waals surface area contributed by atoms with Crippen LogP contribution in [-0.4, -0.2) is 5.97 Å². The predicted octanol–water partition coefficient (Wildman–Crippen LogP) is 1.32. The summed E-state index contributed by atoms with van der Waals surface area (Å²) in [6.45, 7) is 1.80. The van der Waals surface area contributed by atoms with Crippen LogP contribution in [0.25, 0.3) is 0 Å². The van der Waals surface area contributed by atoms with Crippen molar-refractivity contribution in [3.05, 3.63) is 47.5 Å². The average molecular weight is 189 g/mol. The van der Waals surface area contributed by atoms with Gasteiger partial charge in [0.25, 0.3) is 0 Å². The Morgan fingerprint density at radius 2 is 2.00 bits per heavy atom. The van der Waals surface area contributed by atoms with Gasteiger partial charge in [-0.1, -0.05) is 35.9 Å². The molecule has 14 heavy (non-hydrogen) atoms. The van der Waals surface area contributed by atoms with Crippen molar-refractivity contribution in [2.24, 2.45) is 0 Å². The molecule has 1 aromatic carbocycles. The smallest absolute Gasteiger partial charge is 0.0642 e. The molecular formula is C12H13O2-. The normalized spacial score (nSPS) is 11.4. The first kappa shape index (κ1) is 10.5. The number of carboxylic acid groups (broad SMARTS) is 1. The fraction of sp³-hybridized carbons (Fsp3) is 0.250. The summed E-state index contributed by atoms with van der Waals surface area (Å²) in [4.78, 5) is 10.2. The van der Waals surface area contributed by atoms with E-state index in [0.717, 1.165) is 24.5 Å². The molecule has 1 aromatic rings. The van der Waals surface area contributed by atoms with Crippen molar-refractivity contribution in [3.8, 4) is 0 Å². The highest BCUT2D eigenvalue weighted by molar-refractivity contribution is 5.78. The first-order valence-electron chi connectivity index (χ1n) is 4.60. The summed E-state index contributed by atoms with van der Waals surface area (Å²) in [6, 6.07) is 9.99. The van der Waals surface area contributed by atoms with Crippen LogP contribution in [0.2, 0.25) is 0 Å². The van der Waals surface area contributed by atoms with E-state index in [1.165, 1.54) is 5.56 Å². The third-order valence-corrected chi connectivity index (χ3v) is 2.02. The zero-order chi connectivity index (χ0) is 10.4. The van der Waals surface area contributed by atoms with Crippen molar-refractivity contribution in [1.29, 1.82) is 0 Å². The van der Waals surface area contributed by atoms with E-state index < -0.39 is 5.97 Å². The van der Waals surface area contributed by atoms with Crippen LogP contribution in [-0.2, 0) is 11.2 Å². The minimum Gasteiger partial charge on any atom is -0.545 e. The van der Waals surface area contributed by atoms with Gasteiger partial charge >= 0.3 is 0 Å². The van der Waals surface area contributed by atoms with Gasteiger partial charge in [-0.15, -0.1) is 0 Å². The second kappa shape index (κ2) is 5.22. The topological polar surface area (TPSA) is 40.1 Å². The van der Waals surface area contributed by atoms with E-state index in [9.17, 15) is 9.90 Å². The van der Waals surface area contributed by atoms with Gasteiger partial charge < -0.3 is 9.90 Å². The number of hydrogen-bond donors (Lipinski definition) is 0. The Morgan fingerprint density at radius 1 is 1.36 bits per heavy atom. The number of carboxylic acids is 1. The van der Waals surface area contributed by atoms with Crippen LogP contribution < -0.4 is 5.11 Å². The highest BCUT2D eigenvalue weighted by Gasteiger charge is 1.93. The number of aryl methyl sites for hydroxylation is 1. The van der Waals surface area contributed by atoms with Crippen molar-refractivity contribution in [2.75, 3.05) is 0 Å². The molecule has 0 aliphatic heterocycles. The average Bonchev–Trinajstić information content (AvgIpc) is 2.15. The predicted molar refractivity (Wildman–Crippen MR) is 53.5 cm³/mol. The molecule has 0 aliphatic rings. The summed E-state index contributed by atoms with van der Waals surface area (Å²) in [5, 5.41) is 10.2. The maximum absolute atomic E-state index is 10.2. The highest BCUT2D eigenvalue weighted by Crippen LogP contribution is 2.07. The zero-order valence-electron chi connectivity index (χ0n) is 8.19. The third-order valence-electron chi connectivity index (χ3n) is 2.02. The van der Waals surface area contributed by atoms with Crippen LogP contribution in [0, 0.1) is 0 Å². The minimum absolute atomic E-state index is 0.762. The van der Waals surface area contributed by atoms with E-state index in [1.807, 2.05) is 30.3 Å². The number of hydrogen-bond acceptors (Lipinski definition) is 2. The Bertz CT molecular complexity index is 325. The van der Waals surface area contributed by atoms with Crippen molar-refractivity contribution in [3.63, 3.8) is 0 Å². The molecule has 0 aromatic heterocycles. The Labute approximate surface area is 83.9 Å². The van der Waals surface area contributed by atoms with Crippen LogP contribution in [0.5, 0.6) is 0 Å². The number of rotatable bonds is 4. The van der Waals surface area contributed by atoms with Crippen molar-refractivity contribution >= 4 is 5.97 Å². The maximum Gasteiger partial charge on any atom is 0.0642 e. The van der Waals surface area contributed by atoms with Gasteiger partial charge in [0.2, 0.25) is 0 Å². The Hall–Kier alpha value is -1.57. The molecule has 0 aliphatic carbocycles. The van der Waals surface area contributed by atoms with Crippen LogP contribution in [0.3, 0.4) is 0 Å². The maximum atomic E-state index is 10.2. The van der Waals surface area contributed by atoms with E-state index in [4.69, 9.17) is 0 Å². The summed E-state index contributed by atoms with van der Waals surface area (Å²) in [5.74, 6) is -1.12. The SMILES string of the molecule is C/C(=C/C(=O)[O-])CCc1ccccc1. The first-order valence-corrected chi connectivity index (χ1v) is 4.60. The molecule has 0 heterocycles. The fourth-order valence-corrected chi connectivity index (χ4v) is 1.26. The fourth-order valence-electron chi connectivity index (χ4n) is 1.26. The van der Waals surface area contributed by atoms with E-state index in [0.29, 0.717) is 0 Å². The molecule has 0 amide bonds. The van der Waals surface area contributed by atoms with Crippen molar-refractivity contribution in [1.82, 2.24) is 0 Å². The standard InChI is InChI=1S/C12H14O2/c1-10(9-12(13)14)7-8-11-5-3-2-4-6-11/h2-6,9H,7-8H2,1H3,(H,13,14)/p-1/b10-9-. The molecular weight excluding hydrogens is 176 g/mol. The number of allylic oxidation sites excluding steroid dienone is 1. The molecule has 0 atom stereocenters. The molecule has 0 saturated heterocycles. The van der Waals surface area contributed by atoms with E-state index in [2.05, 4.69) is 0 Å². The van der Waals surface area contributed by atoms with Gasteiger partial charge in [-0.2, -0.15) is 0 Å². The summed E-state index contributed by atoms with van der Waals surface area (Å²) in [6.07, 6.45) is 2.79. The van der Waals surface area contributed by atoms with Crippen molar-refractivity contribution < 1.29 is 9.90 Å².